The number of hydrogen-bond acceptors (Lipinski definition) is 4. The molecule has 2 aromatic rings. The fourth-order valence-corrected chi connectivity index (χ4v) is 2.72. The Balaban J connectivity index is 2.35. The molecule has 0 atom stereocenters. The highest BCUT2D eigenvalue weighted by Crippen LogP contribution is 2.21. The second-order valence-electron chi connectivity index (χ2n) is 4.26. The fourth-order valence-electron chi connectivity index (χ4n) is 1.62. The van der Waals surface area contributed by atoms with Gasteiger partial charge in [-0.1, -0.05) is 12.1 Å². The molecule has 0 aliphatic heterocycles. The van der Waals surface area contributed by atoms with Crippen LogP contribution < -0.4 is 4.72 Å². The largest absolute Gasteiger partial charge is 0.392 e. The van der Waals surface area contributed by atoms with Gasteiger partial charge in [0.05, 0.1) is 18.5 Å². The van der Waals surface area contributed by atoms with Gasteiger partial charge in [0.1, 0.15) is 4.90 Å². The van der Waals surface area contributed by atoms with Crippen molar-refractivity contribution in [2.45, 2.75) is 18.4 Å². The van der Waals surface area contributed by atoms with Gasteiger partial charge in [0, 0.05) is 13.2 Å². The number of aliphatic hydroxyl groups excluding tert-OH is 1. The zero-order valence-electron chi connectivity index (χ0n) is 10.7. The second-order valence-corrected chi connectivity index (χ2v) is 5.94. The van der Waals surface area contributed by atoms with E-state index in [0.29, 0.717) is 11.3 Å². The normalized spacial score (nSPS) is 11.5. The molecule has 0 aliphatic carbocycles. The van der Waals surface area contributed by atoms with E-state index in [9.17, 15) is 8.42 Å². The Hall–Kier alpha value is -1.86. The number of rotatable bonds is 4. The molecule has 2 N–H and O–H groups in total. The molecular formula is C12H15N3O3S. The lowest BCUT2D eigenvalue weighted by Crippen LogP contribution is -2.13. The topological polar surface area (TPSA) is 84.2 Å². The third-order valence-electron chi connectivity index (χ3n) is 2.72. The Bertz CT molecular complexity index is 692. The highest BCUT2D eigenvalue weighted by Gasteiger charge is 2.17. The van der Waals surface area contributed by atoms with Crippen LogP contribution in [-0.4, -0.2) is 23.3 Å². The molecule has 1 aromatic carbocycles. The third-order valence-corrected chi connectivity index (χ3v) is 4.04. The van der Waals surface area contributed by atoms with E-state index >= 15 is 0 Å². The van der Waals surface area contributed by atoms with Gasteiger partial charge in [0.2, 0.25) is 0 Å². The van der Waals surface area contributed by atoms with Crippen LogP contribution in [-0.2, 0) is 23.7 Å². The van der Waals surface area contributed by atoms with E-state index in [1.54, 1.807) is 32.2 Å². The average Bonchev–Trinajstić information content (AvgIpc) is 2.79. The first-order chi connectivity index (χ1) is 8.92. The van der Waals surface area contributed by atoms with Gasteiger partial charge in [-0.2, -0.15) is 5.10 Å². The van der Waals surface area contributed by atoms with Crippen LogP contribution in [0.3, 0.4) is 0 Å². The molecule has 0 saturated heterocycles. The fraction of sp³-hybridized carbons (Fsp3) is 0.250. The molecule has 0 radical (unpaired) electrons. The first-order valence-electron chi connectivity index (χ1n) is 5.64. The van der Waals surface area contributed by atoms with Gasteiger partial charge < -0.3 is 5.11 Å². The van der Waals surface area contributed by atoms with Crippen LogP contribution in [0.15, 0.2) is 35.5 Å². The predicted molar refractivity (Wildman–Crippen MR) is 71.1 cm³/mol. The van der Waals surface area contributed by atoms with Crippen molar-refractivity contribution in [2.75, 3.05) is 4.72 Å². The molecule has 0 fully saturated rings. The summed E-state index contributed by atoms with van der Waals surface area (Å²) in [5.41, 5.74) is 1.88. The molecule has 19 heavy (non-hydrogen) atoms. The summed E-state index contributed by atoms with van der Waals surface area (Å²) in [6, 6.07) is 5.12. The maximum atomic E-state index is 12.1. The first kappa shape index (κ1) is 13.6. The summed E-state index contributed by atoms with van der Waals surface area (Å²) in [5, 5.41) is 12.9. The number of aromatic nitrogens is 2. The minimum atomic E-state index is -3.65. The Morgan fingerprint density at radius 3 is 2.74 bits per heavy atom. The lowest BCUT2D eigenvalue weighted by Gasteiger charge is -2.10. The first-order valence-corrected chi connectivity index (χ1v) is 7.12. The Morgan fingerprint density at radius 2 is 2.16 bits per heavy atom. The van der Waals surface area contributed by atoms with Gasteiger partial charge in [-0.05, 0) is 24.1 Å². The molecule has 102 valence electrons. The predicted octanol–water partition coefficient (Wildman–Crippen LogP) is 1.02. The summed E-state index contributed by atoms with van der Waals surface area (Å²) in [5.74, 6) is 0. The molecular weight excluding hydrogens is 266 g/mol. The molecule has 0 aliphatic rings. The maximum Gasteiger partial charge on any atom is 0.265 e. The van der Waals surface area contributed by atoms with Gasteiger partial charge in [0.25, 0.3) is 10.0 Å². The lowest BCUT2D eigenvalue weighted by molar-refractivity contribution is 0.282. The zero-order valence-corrected chi connectivity index (χ0v) is 11.5. The number of benzene rings is 1. The van der Waals surface area contributed by atoms with E-state index in [-0.39, 0.29) is 11.5 Å². The van der Waals surface area contributed by atoms with E-state index in [1.165, 1.54) is 17.1 Å². The number of aliphatic hydroxyl groups is 1. The molecule has 7 heteroatoms. The van der Waals surface area contributed by atoms with Crippen LogP contribution in [0.1, 0.15) is 11.1 Å². The maximum absolute atomic E-state index is 12.1. The molecule has 1 aromatic heterocycles. The molecule has 0 spiro atoms. The van der Waals surface area contributed by atoms with Crippen LogP contribution in [0.2, 0.25) is 0 Å². The Morgan fingerprint density at radius 1 is 1.42 bits per heavy atom. The summed E-state index contributed by atoms with van der Waals surface area (Å²) in [4.78, 5) is 0.101. The molecule has 0 bridgehead atoms. The molecule has 2 rings (SSSR count). The lowest BCUT2D eigenvalue weighted by atomic mass is 10.1. The van der Waals surface area contributed by atoms with Gasteiger partial charge in [-0.15, -0.1) is 0 Å². The van der Waals surface area contributed by atoms with E-state index in [0.717, 1.165) is 5.56 Å². The van der Waals surface area contributed by atoms with Crippen molar-refractivity contribution in [1.29, 1.82) is 0 Å². The van der Waals surface area contributed by atoms with Crippen LogP contribution >= 0.6 is 0 Å². The molecule has 0 saturated carbocycles. The van der Waals surface area contributed by atoms with E-state index in [2.05, 4.69) is 9.82 Å². The number of nitrogens with one attached hydrogen (secondary N) is 1. The minimum Gasteiger partial charge on any atom is -0.392 e. The quantitative estimate of drug-likeness (QED) is 0.876. The second kappa shape index (κ2) is 5.02. The van der Waals surface area contributed by atoms with Gasteiger partial charge in [0.15, 0.2) is 0 Å². The third kappa shape index (κ3) is 2.94. The zero-order chi connectivity index (χ0) is 14.0. The van der Waals surface area contributed by atoms with Crippen LogP contribution in [0.5, 0.6) is 0 Å². The number of anilines is 1. The van der Waals surface area contributed by atoms with E-state index in [4.69, 9.17) is 5.11 Å². The van der Waals surface area contributed by atoms with Crippen molar-refractivity contribution in [2.24, 2.45) is 7.05 Å². The summed E-state index contributed by atoms with van der Waals surface area (Å²) in [7, 11) is -2.01. The highest BCUT2D eigenvalue weighted by atomic mass is 32.2. The molecule has 6 nitrogen and oxygen atoms in total. The highest BCUT2D eigenvalue weighted by molar-refractivity contribution is 7.92. The Kier molecular flexibility index (Phi) is 3.59. The van der Waals surface area contributed by atoms with Crippen molar-refractivity contribution < 1.29 is 13.5 Å². The van der Waals surface area contributed by atoms with E-state index in [1.807, 2.05) is 0 Å². The van der Waals surface area contributed by atoms with Gasteiger partial charge >= 0.3 is 0 Å². The number of nitrogens with zero attached hydrogens (tertiary/aromatic N) is 2. The van der Waals surface area contributed by atoms with Gasteiger partial charge in [-0.3, -0.25) is 9.40 Å². The standard InChI is InChI=1S/C12H15N3O3S/c1-9-3-4-10(8-16)5-12(9)14-19(17,18)11-6-13-15(2)7-11/h3-7,14,16H,8H2,1-2H3. The van der Waals surface area contributed by atoms with Crippen LogP contribution in [0, 0.1) is 6.92 Å². The smallest absolute Gasteiger partial charge is 0.265 e. The monoisotopic (exact) mass is 281 g/mol. The number of hydrogen-bond donors (Lipinski definition) is 2. The molecule has 0 amide bonds. The van der Waals surface area contributed by atoms with Gasteiger partial charge in [-0.25, -0.2) is 8.42 Å². The number of sulfonamides is 1. The van der Waals surface area contributed by atoms with E-state index < -0.39 is 10.0 Å². The summed E-state index contributed by atoms with van der Waals surface area (Å²) in [6.45, 7) is 1.66. The van der Waals surface area contributed by atoms with Crippen molar-refractivity contribution in [3.63, 3.8) is 0 Å². The Labute approximate surface area is 111 Å². The van der Waals surface area contributed by atoms with Crippen LogP contribution in [0.4, 0.5) is 5.69 Å². The van der Waals surface area contributed by atoms with Crippen molar-refractivity contribution in [3.05, 3.63) is 41.7 Å². The summed E-state index contributed by atoms with van der Waals surface area (Å²) in [6.07, 6.45) is 2.71. The van der Waals surface area contributed by atoms with Crippen molar-refractivity contribution in [3.8, 4) is 0 Å². The summed E-state index contributed by atoms with van der Waals surface area (Å²) >= 11 is 0. The number of aryl methyl sites for hydroxylation is 2. The average molecular weight is 281 g/mol. The molecule has 0 unspecified atom stereocenters. The SMILES string of the molecule is Cc1ccc(CO)cc1NS(=O)(=O)c1cnn(C)c1. The van der Waals surface area contributed by atoms with Crippen molar-refractivity contribution >= 4 is 15.7 Å². The summed E-state index contributed by atoms with van der Waals surface area (Å²) < 4.78 is 28.2. The van der Waals surface area contributed by atoms with Crippen molar-refractivity contribution in [1.82, 2.24) is 9.78 Å². The molecule has 1 heterocycles. The minimum absolute atomic E-state index is 0.101. The van der Waals surface area contributed by atoms with Crippen LogP contribution in [0.25, 0.3) is 0 Å².